The molecule has 0 aromatic heterocycles. The van der Waals surface area contributed by atoms with Crippen LogP contribution in [0.15, 0.2) is 18.2 Å². The quantitative estimate of drug-likeness (QED) is 0.715. The first-order valence-electron chi connectivity index (χ1n) is 6.52. The van der Waals surface area contributed by atoms with Gasteiger partial charge in [0.2, 0.25) is 9.05 Å². The molecule has 0 spiro atoms. The molecule has 1 aromatic rings. The van der Waals surface area contributed by atoms with Gasteiger partial charge in [0.1, 0.15) is 11.6 Å². The molecule has 0 saturated heterocycles. The van der Waals surface area contributed by atoms with Gasteiger partial charge in [0.05, 0.1) is 12.4 Å². The van der Waals surface area contributed by atoms with Gasteiger partial charge in [-0.15, -0.1) is 0 Å². The lowest BCUT2D eigenvalue weighted by atomic mass is 9.85. The predicted molar refractivity (Wildman–Crippen MR) is 79.3 cm³/mol. The molecule has 0 fully saturated rings. The van der Waals surface area contributed by atoms with Crippen LogP contribution in [0.5, 0.6) is 5.75 Å². The van der Waals surface area contributed by atoms with Crippen molar-refractivity contribution in [1.82, 2.24) is 0 Å². The van der Waals surface area contributed by atoms with Crippen molar-refractivity contribution in [3.63, 3.8) is 0 Å². The maximum Gasteiger partial charge on any atom is 0.233 e. The van der Waals surface area contributed by atoms with E-state index in [9.17, 15) is 12.8 Å². The second kappa shape index (κ2) is 6.76. The number of hydrogen-bond acceptors (Lipinski definition) is 3. The minimum atomic E-state index is -3.59. The van der Waals surface area contributed by atoms with E-state index in [1.807, 2.05) is 13.8 Å². The molecule has 0 heterocycles. The van der Waals surface area contributed by atoms with Crippen LogP contribution in [0.25, 0.3) is 0 Å². The zero-order valence-corrected chi connectivity index (χ0v) is 13.5. The lowest BCUT2D eigenvalue weighted by Gasteiger charge is -2.30. The number of aryl methyl sites for hydroxylation is 1. The van der Waals surface area contributed by atoms with Crippen LogP contribution in [-0.4, -0.2) is 20.8 Å². The zero-order valence-electron chi connectivity index (χ0n) is 11.9. The van der Waals surface area contributed by atoms with E-state index in [-0.39, 0.29) is 18.2 Å². The summed E-state index contributed by atoms with van der Waals surface area (Å²) in [6, 6.07) is 4.47. The molecule has 3 nitrogen and oxygen atoms in total. The molecule has 1 rings (SSSR count). The van der Waals surface area contributed by atoms with Gasteiger partial charge in [-0.1, -0.05) is 13.8 Å². The summed E-state index contributed by atoms with van der Waals surface area (Å²) in [6.45, 7) is 5.70. The average molecular weight is 323 g/mol. The van der Waals surface area contributed by atoms with Gasteiger partial charge < -0.3 is 4.74 Å². The molecule has 114 valence electrons. The molecule has 20 heavy (non-hydrogen) atoms. The van der Waals surface area contributed by atoms with E-state index in [2.05, 4.69) is 0 Å². The first kappa shape index (κ1) is 17.2. The first-order valence-corrected chi connectivity index (χ1v) is 9.00. The van der Waals surface area contributed by atoms with Crippen LogP contribution >= 0.6 is 10.7 Å². The van der Waals surface area contributed by atoms with Crippen LogP contribution in [0.2, 0.25) is 0 Å². The lowest BCUT2D eigenvalue weighted by Crippen LogP contribution is -2.33. The van der Waals surface area contributed by atoms with Crippen molar-refractivity contribution >= 4 is 19.7 Å². The highest BCUT2D eigenvalue weighted by molar-refractivity contribution is 8.13. The topological polar surface area (TPSA) is 43.4 Å². The van der Waals surface area contributed by atoms with Gasteiger partial charge in [0, 0.05) is 16.1 Å². The molecule has 1 aromatic carbocycles. The standard InChI is InChI=1S/C14H20ClFO3S/c1-4-14(5-2,10-20(15,17)18)9-19-12-6-7-13(16)11(3)8-12/h6-8H,4-5,9-10H2,1-3H3. The highest BCUT2D eigenvalue weighted by atomic mass is 35.7. The average Bonchev–Trinajstić information content (AvgIpc) is 2.37. The normalized spacial score (nSPS) is 12.4. The summed E-state index contributed by atoms with van der Waals surface area (Å²) in [5, 5.41) is 0. The Morgan fingerprint density at radius 2 is 1.90 bits per heavy atom. The summed E-state index contributed by atoms with van der Waals surface area (Å²) in [4.78, 5) is 0. The third-order valence-electron chi connectivity index (χ3n) is 3.65. The Balaban J connectivity index is 2.83. The van der Waals surface area contributed by atoms with Crippen LogP contribution in [0.4, 0.5) is 4.39 Å². The molecule has 0 aliphatic carbocycles. The third-order valence-corrected chi connectivity index (χ3v) is 4.94. The van der Waals surface area contributed by atoms with Gasteiger partial charge in [-0.2, -0.15) is 0 Å². The molecule has 6 heteroatoms. The number of halogens is 2. The summed E-state index contributed by atoms with van der Waals surface area (Å²) in [5.41, 5.74) is -0.0332. The Morgan fingerprint density at radius 3 is 2.35 bits per heavy atom. The van der Waals surface area contributed by atoms with Gasteiger partial charge in [-0.3, -0.25) is 0 Å². The highest BCUT2D eigenvalue weighted by Crippen LogP contribution is 2.31. The van der Waals surface area contributed by atoms with E-state index >= 15 is 0 Å². The summed E-state index contributed by atoms with van der Waals surface area (Å²) < 4.78 is 41.5. The minimum absolute atomic E-state index is 0.130. The van der Waals surface area contributed by atoms with Crippen molar-refractivity contribution < 1.29 is 17.5 Å². The smallest absolute Gasteiger partial charge is 0.233 e. The monoisotopic (exact) mass is 322 g/mol. The lowest BCUT2D eigenvalue weighted by molar-refractivity contribution is 0.155. The molecule has 0 saturated carbocycles. The fourth-order valence-electron chi connectivity index (χ4n) is 2.01. The van der Waals surface area contributed by atoms with Gasteiger partial charge in [0.25, 0.3) is 0 Å². The second-order valence-corrected chi connectivity index (χ2v) is 7.87. The van der Waals surface area contributed by atoms with Crippen LogP contribution in [0, 0.1) is 18.2 Å². The summed E-state index contributed by atoms with van der Waals surface area (Å²) in [5.74, 6) is 0.106. The van der Waals surface area contributed by atoms with Crippen molar-refractivity contribution in [2.45, 2.75) is 33.6 Å². The van der Waals surface area contributed by atoms with E-state index in [1.165, 1.54) is 12.1 Å². The third kappa shape index (κ3) is 4.94. The molecule has 0 amide bonds. The van der Waals surface area contributed by atoms with Crippen LogP contribution in [0.1, 0.15) is 32.3 Å². The maximum absolute atomic E-state index is 13.2. The van der Waals surface area contributed by atoms with Crippen molar-refractivity contribution in [2.24, 2.45) is 5.41 Å². The van der Waals surface area contributed by atoms with Crippen LogP contribution in [-0.2, 0) is 9.05 Å². The van der Waals surface area contributed by atoms with Crippen molar-refractivity contribution in [2.75, 3.05) is 12.4 Å². The van der Waals surface area contributed by atoms with E-state index in [0.29, 0.717) is 24.2 Å². The van der Waals surface area contributed by atoms with Gasteiger partial charge >= 0.3 is 0 Å². The van der Waals surface area contributed by atoms with Crippen molar-refractivity contribution in [3.05, 3.63) is 29.6 Å². The van der Waals surface area contributed by atoms with E-state index in [4.69, 9.17) is 15.4 Å². The second-order valence-electron chi connectivity index (χ2n) is 5.09. The zero-order chi connectivity index (χ0) is 15.4. The Labute approximate surface area is 124 Å². The highest BCUT2D eigenvalue weighted by Gasteiger charge is 2.32. The summed E-state index contributed by atoms with van der Waals surface area (Å²) >= 11 is 0. The molecule has 0 unspecified atom stereocenters. The minimum Gasteiger partial charge on any atom is -0.493 e. The fourth-order valence-corrected chi connectivity index (χ4v) is 3.93. The van der Waals surface area contributed by atoms with Crippen LogP contribution < -0.4 is 4.74 Å². The number of ether oxygens (including phenoxy) is 1. The molecule has 0 radical (unpaired) electrons. The number of benzene rings is 1. The molecular weight excluding hydrogens is 303 g/mol. The first-order chi connectivity index (χ1) is 9.21. The summed E-state index contributed by atoms with van der Waals surface area (Å²) in [7, 11) is 1.78. The SMILES string of the molecule is CCC(CC)(COc1ccc(F)c(C)c1)CS(=O)(=O)Cl. The Morgan fingerprint density at radius 1 is 1.30 bits per heavy atom. The van der Waals surface area contributed by atoms with Gasteiger partial charge in [0.15, 0.2) is 0 Å². The van der Waals surface area contributed by atoms with Gasteiger partial charge in [-0.05, 0) is 43.5 Å². The summed E-state index contributed by atoms with van der Waals surface area (Å²) in [6.07, 6.45) is 1.27. The number of hydrogen-bond donors (Lipinski definition) is 0. The van der Waals surface area contributed by atoms with Crippen molar-refractivity contribution in [3.8, 4) is 5.75 Å². The molecule has 0 N–H and O–H groups in total. The Kier molecular flexibility index (Phi) is 5.83. The van der Waals surface area contributed by atoms with E-state index < -0.39 is 14.5 Å². The molecule has 0 aliphatic rings. The maximum atomic E-state index is 13.2. The Hall–Kier alpha value is -0.810. The van der Waals surface area contributed by atoms with Gasteiger partial charge in [-0.25, -0.2) is 12.8 Å². The van der Waals surface area contributed by atoms with E-state index in [1.54, 1.807) is 13.0 Å². The molecule has 0 aliphatic heterocycles. The predicted octanol–water partition coefficient (Wildman–Crippen LogP) is 3.89. The largest absolute Gasteiger partial charge is 0.493 e. The molecular formula is C14H20ClFO3S. The van der Waals surface area contributed by atoms with Crippen LogP contribution in [0.3, 0.4) is 0 Å². The molecule has 0 bridgehead atoms. The fraction of sp³-hybridized carbons (Fsp3) is 0.571. The van der Waals surface area contributed by atoms with Crippen molar-refractivity contribution in [1.29, 1.82) is 0 Å². The Bertz CT molecular complexity index is 554. The van der Waals surface area contributed by atoms with E-state index in [0.717, 1.165) is 0 Å². The number of rotatable bonds is 7. The molecule has 0 atom stereocenters.